The summed E-state index contributed by atoms with van der Waals surface area (Å²) in [6.45, 7) is 5.45. The molecule has 1 saturated carbocycles. The highest BCUT2D eigenvalue weighted by Gasteiger charge is 2.17. The number of rotatable bonds is 9. The van der Waals surface area contributed by atoms with E-state index in [4.69, 9.17) is 14.5 Å². The first-order valence-electron chi connectivity index (χ1n) is 10.1. The van der Waals surface area contributed by atoms with Crippen LogP contribution in [-0.4, -0.2) is 57.8 Å². The van der Waals surface area contributed by atoms with Crippen LogP contribution in [0.1, 0.15) is 44.6 Å². The van der Waals surface area contributed by atoms with Crippen molar-refractivity contribution in [2.75, 3.05) is 40.9 Å². The van der Waals surface area contributed by atoms with Gasteiger partial charge in [-0.2, -0.15) is 0 Å². The number of aliphatic imine (C=N–C) groups is 1. The van der Waals surface area contributed by atoms with Gasteiger partial charge in [0, 0.05) is 25.7 Å². The number of ether oxygens (including phenoxy) is 2. The molecule has 28 heavy (non-hydrogen) atoms. The molecule has 0 aliphatic heterocycles. The van der Waals surface area contributed by atoms with Gasteiger partial charge in [0.2, 0.25) is 0 Å². The fourth-order valence-electron chi connectivity index (χ4n) is 3.55. The van der Waals surface area contributed by atoms with Gasteiger partial charge in [0.05, 0.1) is 20.8 Å². The van der Waals surface area contributed by atoms with Crippen molar-refractivity contribution in [3.8, 4) is 11.5 Å². The third-order valence-electron chi connectivity index (χ3n) is 5.17. The van der Waals surface area contributed by atoms with E-state index in [-0.39, 0.29) is 24.0 Å². The smallest absolute Gasteiger partial charge is 0.191 e. The molecule has 0 saturated heterocycles. The van der Waals surface area contributed by atoms with Crippen molar-refractivity contribution < 1.29 is 9.47 Å². The van der Waals surface area contributed by atoms with E-state index in [2.05, 4.69) is 29.5 Å². The summed E-state index contributed by atoms with van der Waals surface area (Å²) in [5.74, 6) is 2.32. The van der Waals surface area contributed by atoms with Crippen LogP contribution >= 0.6 is 24.0 Å². The van der Waals surface area contributed by atoms with E-state index < -0.39 is 0 Å². The lowest BCUT2D eigenvalue weighted by atomic mass is 9.94. The maximum Gasteiger partial charge on any atom is 0.191 e. The monoisotopic (exact) mass is 504 g/mol. The highest BCUT2D eigenvalue weighted by Crippen LogP contribution is 2.27. The Labute approximate surface area is 187 Å². The summed E-state index contributed by atoms with van der Waals surface area (Å²) >= 11 is 0. The zero-order chi connectivity index (χ0) is 19.5. The predicted molar refractivity (Wildman–Crippen MR) is 127 cm³/mol. The van der Waals surface area contributed by atoms with Crippen molar-refractivity contribution in [3.05, 3.63) is 23.8 Å². The van der Waals surface area contributed by atoms with Gasteiger partial charge < -0.3 is 25.0 Å². The maximum atomic E-state index is 5.37. The summed E-state index contributed by atoms with van der Waals surface area (Å²) in [6.07, 6.45) is 6.82. The first-order chi connectivity index (χ1) is 13.2. The fourth-order valence-corrected chi connectivity index (χ4v) is 3.55. The molecule has 2 rings (SSSR count). The van der Waals surface area contributed by atoms with Crippen molar-refractivity contribution in [1.29, 1.82) is 0 Å². The van der Waals surface area contributed by atoms with Crippen LogP contribution in [0.2, 0.25) is 0 Å². The van der Waals surface area contributed by atoms with Gasteiger partial charge in [0.25, 0.3) is 0 Å². The third-order valence-corrected chi connectivity index (χ3v) is 5.17. The molecular weight excluding hydrogens is 467 g/mol. The zero-order valence-corrected chi connectivity index (χ0v) is 20.1. The molecule has 1 aliphatic carbocycles. The van der Waals surface area contributed by atoms with Gasteiger partial charge in [0.1, 0.15) is 0 Å². The van der Waals surface area contributed by atoms with E-state index in [0.29, 0.717) is 6.54 Å². The molecule has 1 fully saturated rings. The van der Waals surface area contributed by atoms with Gasteiger partial charge in [-0.15, -0.1) is 24.0 Å². The van der Waals surface area contributed by atoms with E-state index in [1.807, 2.05) is 18.2 Å². The molecule has 0 heterocycles. The second-order valence-electron chi connectivity index (χ2n) is 7.08. The molecule has 2 N–H and O–H groups in total. The van der Waals surface area contributed by atoms with E-state index in [1.54, 1.807) is 14.2 Å². The van der Waals surface area contributed by atoms with Crippen LogP contribution in [0.4, 0.5) is 0 Å². The first-order valence-corrected chi connectivity index (χ1v) is 10.1. The lowest BCUT2D eigenvalue weighted by Crippen LogP contribution is -2.43. The number of nitrogens with zero attached hydrogens (tertiary/aromatic N) is 2. The highest BCUT2D eigenvalue weighted by molar-refractivity contribution is 14.0. The Balaban J connectivity index is 0.00000392. The average Bonchev–Trinajstić information content (AvgIpc) is 2.72. The minimum absolute atomic E-state index is 0. The molecule has 160 valence electrons. The lowest BCUT2D eigenvalue weighted by molar-refractivity contribution is 0.194. The highest BCUT2D eigenvalue weighted by atomic mass is 127. The Kier molecular flexibility index (Phi) is 12.3. The average molecular weight is 504 g/mol. The van der Waals surface area contributed by atoms with Crippen LogP contribution in [0.5, 0.6) is 11.5 Å². The molecule has 0 atom stereocenters. The van der Waals surface area contributed by atoms with E-state index >= 15 is 0 Å². The van der Waals surface area contributed by atoms with Crippen molar-refractivity contribution >= 4 is 29.9 Å². The number of hydrogen-bond acceptors (Lipinski definition) is 4. The van der Waals surface area contributed by atoms with Gasteiger partial charge in [-0.3, -0.25) is 0 Å². The van der Waals surface area contributed by atoms with Crippen LogP contribution in [-0.2, 0) is 6.54 Å². The second kappa shape index (κ2) is 13.9. The van der Waals surface area contributed by atoms with Gasteiger partial charge in [-0.05, 0) is 44.5 Å². The molecule has 1 aromatic rings. The largest absolute Gasteiger partial charge is 0.493 e. The van der Waals surface area contributed by atoms with Crippen molar-refractivity contribution in [1.82, 2.24) is 15.5 Å². The van der Waals surface area contributed by atoms with E-state index in [0.717, 1.165) is 48.7 Å². The minimum Gasteiger partial charge on any atom is -0.493 e. The number of nitrogens with one attached hydrogen (secondary N) is 2. The second-order valence-corrected chi connectivity index (χ2v) is 7.08. The van der Waals surface area contributed by atoms with Crippen molar-refractivity contribution in [2.45, 2.75) is 51.6 Å². The summed E-state index contributed by atoms with van der Waals surface area (Å²) in [7, 11) is 5.54. The Morgan fingerprint density at radius 3 is 2.46 bits per heavy atom. The van der Waals surface area contributed by atoms with Gasteiger partial charge in [0.15, 0.2) is 17.5 Å². The van der Waals surface area contributed by atoms with Crippen LogP contribution in [0, 0.1) is 0 Å². The fraction of sp³-hybridized carbons (Fsp3) is 0.667. The molecule has 6 nitrogen and oxygen atoms in total. The number of likely N-dealkylation sites (N-methyl/N-ethyl adjacent to an activating group) is 1. The summed E-state index contributed by atoms with van der Waals surface area (Å²) in [6, 6.07) is 6.66. The Bertz CT molecular complexity index is 592. The summed E-state index contributed by atoms with van der Waals surface area (Å²) in [4.78, 5) is 7.19. The standard InChI is InChI=1S/C21H36N4O2.HI/c1-5-22-21(23-13-14-25(2)18-9-7-6-8-10-18)24-16-17-11-12-19(26-3)20(15-17)27-4;/h11-12,15,18H,5-10,13-14,16H2,1-4H3,(H2,22,23,24);1H. The number of halogens is 1. The normalized spacial score (nSPS) is 15.1. The molecule has 0 radical (unpaired) electrons. The molecule has 1 aromatic carbocycles. The van der Waals surface area contributed by atoms with Crippen molar-refractivity contribution in [3.63, 3.8) is 0 Å². The van der Waals surface area contributed by atoms with Gasteiger partial charge in [-0.25, -0.2) is 4.99 Å². The molecule has 0 aromatic heterocycles. The van der Waals surface area contributed by atoms with Gasteiger partial charge in [-0.1, -0.05) is 25.3 Å². The van der Waals surface area contributed by atoms with Crippen molar-refractivity contribution in [2.24, 2.45) is 4.99 Å². The predicted octanol–water partition coefficient (Wildman–Crippen LogP) is 3.64. The van der Waals surface area contributed by atoms with Crippen LogP contribution in [0.25, 0.3) is 0 Å². The van der Waals surface area contributed by atoms with E-state index in [1.165, 1.54) is 32.1 Å². The number of hydrogen-bond donors (Lipinski definition) is 2. The molecule has 0 amide bonds. The van der Waals surface area contributed by atoms with Gasteiger partial charge >= 0.3 is 0 Å². The number of guanidine groups is 1. The minimum atomic E-state index is 0. The number of benzene rings is 1. The van der Waals surface area contributed by atoms with Crippen LogP contribution in [0.15, 0.2) is 23.2 Å². The molecule has 7 heteroatoms. The summed E-state index contributed by atoms with van der Waals surface area (Å²) in [5.41, 5.74) is 1.09. The number of methoxy groups -OCH3 is 2. The Morgan fingerprint density at radius 2 is 1.82 bits per heavy atom. The maximum absolute atomic E-state index is 5.37. The summed E-state index contributed by atoms with van der Waals surface area (Å²) < 4.78 is 10.7. The lowest BCUT2D eigenvalue weighted by Gasteiger charge is -2.31. The third kappa shape index (κ3) is 8.03. The topological polar surface area (TPSA) is 58.1 Å². The van der Waals surface area contributed by atoms with Crippen LogP contribution in [0.3, 0.4) is 0 Å². The SMILES string of the molecule is CCNC(=NCc1ccc(OC)c(OC)c1)NCCN(C)C1CCCCC1.I. The molecule has 0 unspecified atom stereocenters. The van der Waals surface area contributed by atoms with Crippen LogP contribution < -0.4 is 20.1 Å². The molecule has 0 bridgehead atoms. The van der Waals surface area contributed by atoms with E-state index in [9.17, 15) is 0 Å². The molecular formula is C21H37IN4O2. The molecule has 1 aliphatic rings. The first kappa shape index (κ1) is 24.8. The zero-order valence-electron chi connectivity index (χ0n) is 17.8. The summed E-state index contributed by atoms with van der Waals surface area (Å²) in [5, 5.41) is 6.78. The molecule has 0 spiro atoms. The Hall–Kier alpha value is -1.22. The quantitative estimate of drug-likeness (QED) is 0.306. The Morgan fingerprint density at radius 1 is 1.11 bits per heavy atom.